The first kappa shape index (κ1) is 13.7. The predicted molar refractivity (Wildman–Crippen MR) is 72.2 cm³/mol. The van der Waals surface area contributed by atoms with Crippen molar-refractivity contribution in [3.8, 4) is 0 Å². The van der Waals surface area contributed by atoms with Crippen molar-refractivity contribution in [1.82, 2.24) is 9.88 Å². The molecule has 1 atom stereocenters. The van der Waals surface area contributed by atoms with Crippen molar-refractivity contribution in [3.63, 3.8) is 0 Å². The van der Waals surface area contributed by atoms with Gasteiger partial charge in [-0.3, -0.25) is 0 Å². The van der Waals surface area contributed by atoms with Crippen LogP contribution < -0.4 is 10.5 Å². The fourth-order valence-electron chi connectivity index (χ4n) is 1.92. The second-order valence-electron chi connectivity index (χ2n) is 4.78. The van der Waals surface area contributed by atoms with Gasteiger partial charge in [0.15, 0.2) is 9.34 Å². The van der Waals surface area contributed by atoms with Crippen LogP contribution in [0.15, 0.2) is 10.4 Å². The molecule has 0 aromatic carbocycles. The Bertz CT molecular complexity index is 506. The summed E-state index contributed by atoms with van der Waals surface area (Å²) in [7, 11) is 0.480. The molecule has 0 radical (unpaired) electrons. The topological polar surface area (TPSA) is 88.3 Å². The van der Waals surface area contributed by atoms with E-state index in [9.17, 15) is 8.42 Å². The summed E-state index contributed by atoms with van der Waals surface area (Å²) >= 11 is 1.07. The second-order valence-corrected chi connectivity index (χ2v) is 7.60. The van der Waals surface area contributed by atoms with Gasteiger partial charge in [0.05, 0.1) is 6.20 Å². The van der Waals surface area contributed by atoms with E-state index in [2.05, 4.69) is 29.3 Å². The first-order valence-electron chi connectivity index (χ1n) is 5.77. The number of likely N-dealkylation sites (N-methyl/N-ethyl adjacent to an activating group) is 1. The van der Waals surface area contributed by atoms with Gasteiger partial charge in [-0.25, -0.2) is 18.5 Å². The van der Waals surface area contributed by atoms with Gasteiger partial charge in [-0.2, -0.15) is 0 Å². The molecule has 1 unspecified atom stereocenters. The van der Waals surface area contributed by atoms with Crippen LogP contribution in [0.3, 0.4) is 0 Å². The Morgan fingerprint density at radius 3 is 2.72 bits per heavy atom. The lowest BCUT2D eigenvalue weighted by Crippen LogP contribution is -2.36. The van der Waals surface area contributed by atoms with Gasteiger partial charge >= 0.3 is 0 Å². The van der Waals surface area contributed by atoms with Crippen molar-refractivity contribution in [2.45, 2.75) is 23.1 Å². The van der Waals surface area contributed by atoms with Crippen LogP contribution in [0.2, 0.25) is 0 Å². The van der Waals surface area contributed by atoms with Gasteiger partial charge in [0.25, 0.3) is 0 Å². The van der Waals surface area contributed by atoms with Crippen LogP contribution in [0, 0.1) is 5.92 Å². The lowest BCUT2D eigenvalue weighted by Gasteiger charge is -2.24. The molecule has 8 heteroatoms. The Morgan fingerprint density at radius 1 is 1.61 bits per heavy atom. The van der Waals surface area contributed by atoms with Crippen molar-refractivity contribution in [1.29, 1.82) is 0 Å². The maximum atomic E-state index is 11.1. The second kappa shape index (κ2) is 5.12. The summed E-state index contributed by atoms with van der Waals surface area (Å²) < 4.78 is 22.3. The monoisotopic (exact) mass is 290 g/mol. The zero-order valence-corrected chi connectivity index (χ0v) is 12.1. The van der Waals surface area contributed by atoms with Gasteiger partial charge in [-0.05, 0) is 32.9 Å². The van der Waals surface area contributed by atoms with Crippen molar-refractivity contribution < 1.29 is 8.42 Å². The number of nitrogens with zero attached hydrogens (tertiary/aromatic N) is 2. The number of aromatic nitrogens is 1. The summed E-state index contributed by atoms with van der Waals surface area (Å²) in [5.74, 6) is 0.741. The molecule has 2 rings (SSSR count). The minimum atomic E-state index is -3.64. The van der Waals surface area contributed by atoms with Gasteiger partial charge < -0.3 is 10.2 Å². The number of hydrogen-bond acceptors (Lipinski definition) is 6. The van der Waals surface area contributed by atoms with E-state index >= 15 is 0 Å². The van der Waals surface area contributed by atoms with Crippen LogP contribution in [0.5, 0.6) is 0 Å². The number of nitrogens with two attached hydrogens (primary N) is 1. The number of thiazole rings is 1. The van der Waals surface area contributed by atoms with Gasteiger partial charge in [0.2, 0.25) is 10.0 Å². The standard InChI is InChI=1S/C10H18N4O2S2/c1-14(2)8(7-3-4-7)5-12-10-13-6-9(17-10)18(11,15)16/h6-8H,3-5H2,1-2H3,(H,12,13)(H2,11,15,16). The van der Waals surface area contributed by atoms with Crippen LogP contribution in [0.4, 0.5) is 5.13 Å². The van der Waals surface area contributed by atoms with E-state index in [0.717, 1.165) is 23.8 Å². The van der Waals surface area contributed by atoms with E-state index in [0.29, 0.717) is 11.2 Å². The third kappa shape index (κ3) is 3.41. The minimum Gasteiger partial charge on any atom is -0.360 e. The number of sulfonamides is 1. The zero-order valence-electron chi connectivity index (χ0n) is 10.5. The molecule has 1 aliphatic rings. The SMILES string of the molecule is CN(C)C(CNc1ncc(S(N)(=O)=O)s1)C1CC1. The average molecular weight is 290 g/mol. The van der Waals surface area contributed by atoms with Crippen LogP contribution >= 0.6 is 11.3 Å². The lowest BCUT2D eigenvalue weighted by molar-refractivity contribution is 0.276. The summed E-state index contributed by atoms with van der Waals surface area (Å²) in [5, 5.41) is 8.83. The van der Waals surface area contributed by atoms with Gasteiger partial charge in [0, 0.05) is 12.6 Å². The molecule has 0 spiro atoms. The van der Waals surface area contributed by atoms with E-state index < -0.39 is 10.0 Å². The molecule has 0 bridgehead atoms. The Balaban J connectivity index is 1.95. The van der Waals surface area contributed by atoms with Gasteiger partial charge in [-0.15, -0.1) is 0 Å². The fourth-order valence-corrected chi connectivity index (χ4v) is 3.37. The average Bonchev–Trinajstić information content (AvgIpc) is 2.94. The lowest BCUT2D eigenvalue weighted by atomic mass is 10.1. The molecule has 1 heterocycles. The molecule has 0 amide bonds. The Morgan fingerprint density at radius 2 is 2.28 bits per heavy atom. The van der Waals surface area contributed by atoms with E-state index in [1.165, 1.54) is 19.0 Å². The molecule has 102 valence electrons. The van der Waals surface area contributed by atoms with Gasteiger partial charge in [-0.1, -0.05) is 11.3 Å². The predicted octanol–water partition coefficient (Wildman–Crippen LogP) is 0.543. The summed E-state index contributed by atoms with van der Waals surface area (Å²) in [6.45, 7) is 0.773. The number of primary sulfonamides is 1. The molecular formula is C10H18N4O2S2. The molecule has 1 fully saturated rings. The third-order valence-electron chi connectivity index (χ3n) is 3.06. The summed E-state index contributed by atoms with van der Waals surface area (Å²) in [4.78, 5) is 6.22. The van der Waals surface area contributed by atoms with Crippen molar-refractivity contribution in [2.75, 3.05) is 26.0 Å². The molecule has 18 heavy (non-hydrogen) atoms. The summed E-state index contributed by atoms with van der Waals surface area (Å²) in [5.41, 5.74) is 0. The number of nitrogens with one attached hydrogen (secondary N) is 1. The minimum absolute atomic E-state index is 0.0952. The van der Waals surface area contributed by atoms with Crippen molar-refractivity contribution in [2.24, 2.45) is 11.1 Å². The summed E-state index contributed by atoms with van der Waals surface area (Å²) in [6.07, 6.45) is 3.83. The number of anilines is 1. The van der Waals surface area contributed by atoms with Crippen LogP contribution in [0.25, 0.3) is 0 Å². The van der Waals surface area contributed by atoms with Crippen LogP contribution in [-0.2, 0) is 10.0 Å². The highest BCUT2D eigenvalue weighted by Crippen LogP contribution is 2.34. The van der Waals surface area contributed by atoms with Gasteiger partial charge in [0.1, 0.15) is 0 Å². The highest BCUT2D eigenvalue weighted by molar-refractivity contribution is 7.91. The van der Waals surface area contributed by atoms with Crippen LogP contribution in [-0.4, -0.2) is 45.0 Å². The van der Waals surface area contributed by atoms with Crippen LogP contribution in [0.1, 0.15) is 12.8 Å². The molecule has 1 aliphatic carbocycles. The first-order valence-corrected chi connectivity index (χ1v) is 8.13. The molecule has 6 nitrogen and oxygen atoms in total. The Labute approximate surface area is 111 Å². The molecule has 0 aliphatic heterocycles. The normalized spacial score (nSPS) is 18.0. The number of hydrogen-bond donors (Lipinski definition) is 2. The number of rotatable bonds is 6. The van der Waals surface area contributed by atoms with E-state index in [-0.39, 0.29) is 4.21 Å². The fraction of sp³-hybridized carbons (Fsp3) is 0.700. The quantitative estimate of drug-likeness (QED) is 0.798. The molecule has 0 saturated heterocycles. The molecule has 1 aromatic rings. The van der Waals surface area contributed by atoms with E-state index in [1.54, 1.807) is 0 Å². The molecule has 1 saturated carbocycles. The smallest absolute Gasteiger partial charge is 0.249 e. The maximum absolute atomic E-state index is 11.1. The highest BCUT2D eigenvalue weighted by atomic mass is 32.2. The highest BCUT2D eigenvalue weighted by Gasteiger charge is 2.32. The Hall–Kier alpha value is -0.700. The third-order valence-corrected chi connectivity index (χ3v) is 5.42. The summed E-state index contributed by atoms with van der Waals surface area (Å²) in [6, 6.07) is 0.465. The zero-order chi connectivity index (χ0) is 13.3. The maximum Gasteiger partial charge on any atom is 0.249 e. The largest absolute Gasteiger partial charge is 0.360 e. The van der Waals surface area contributed by atoms with Crippen molar-refractivity contribution >= 4 is 26.5 Å². The van der Waals surface area contributed by atoms with Crippen molar-refractivity contribution in [3.05, 3.63) is 6.20 Å². The van der Waals surface area contributed by atoms with E-state index in [1.807, 2.05) is 0 Å². The Kier molecular flexibility index (Phi) is 3.90. The molecule has 1 aromatic heterocycles. The molecular weight excluding hydrogens is 272 g/mol. The van der Waals surface area contributed by atoms with E-state index in [4.69, 9.17) is 5.14 Å². The first-order chi connectivity index (χ1) is 8.38. The molecule has 3 N–H and O–H groups in total.